The van der Waals surface area contributed by atoms with Crippen molar-refractivity contribution in [3.05, 3.63) is 145 Å². The van der Waals surface area contributed by atoms with E-state index in [-0.39, 0.29) is 0 Å². The summed E-state index contributed by atoms with van der Waals surface area (Å²) >= 11 is 16.0. The Morgan fingerprint density at radius 1 is 0.333 bits per heavy atom. The summed E-state index contributed by atoms with van der Waals surface area (Å²) in [6, 6.07) is 25.8. The lowest BCUT2D eigenvalue weighted by molar-refractivity contribution is -0.671. The predicted octanol–water partition coefficient (Wildman–Crippen LogP) is 13.5. The molecule has 2 N–H and O–H groups in total. The van der Waals surface area contributed by atoms with Crippen LogP contribution in [0.25, 0.3) is 90.9 Å². The third kappa shape index (κ3) is 16.3. The molecule has 72 heavy (non-hydrogen) atoms. The second-order valence-corrected chi connectivity index (χ2v) is 19.6. The van der Waals surface area contributed by atoms with Crippen molar-refractivity contribution >= 4 is 96.9 Å². The number of pyridine rings is 4. The fourth-order valence-corrected chi connectivity index (χ4v) is 8.99. The predicted molar refractivity (Wildman–Crippen MR) is 320 cm³/mol. The number of nitrogens with one attached hydrogen (secondary N) is 2. The Kier molecular flexibility index (Phi) is 24.4. The van der Waals surface area contributed by atoms with Gasteiger partial charge in [0, 0.05) is 92.9 Å². The molecule has 9 rings (SSSR count). The van der Waals surface area contributed by atoms with Crippen LogP contribution in [0.2, 0.25) is 0 Å². The number of aromatic nitrogens is 8. The SMILES string of the molecule is CCCCS.CCCCS.CCCCS.CCCCS.C[n+]1ccc(-c2c3nc(c(-c4cc[n+](C)cc4)c4ccc([nH]4)c(-c4cc[n+](C)cc4)c4nc(c(-c5cc[n+](C)cc5)c5ccc2[nH]5)C=C4)C=C3)cc1. The fourth-order valence-electron chi connectivity index (χ4n) is 7.72. The number of thiol groups is 4. The number of aryl methyl sites for hydroxylation is 4. The number of aromatic amines is 2. The number of fused-ring (bicyclic) bond motifs is 8. The van der Waals surface area contributed by atoms with Crippen LogP contribution in [0.15, 0.2) is 122 Å². The minimum Gasteiger partial charge on any atom is -0.354 e. The van der Waals surface area contributed by atoms with E-state index < -0.39 is 0 Å². The van der Waals surface area contributed by atoms with Crippen molar-refractivity contribution in [2.24, 2.45) is 28.2 Å². The van der Waals surface area contributed by atoms with Crippen molar-refractivity contribution in [3.8, 4) is 44.5 Å². The summed E-state index contributed by atoms with van der Waals surface area (Å²) in [5, 5.41) is 0. The molecule has 2 aliphatic rings. The summed E-state index contributed by atoms with van der Waals surface area (Å²) < 4.78 is 8.20. The van der Waals surface area contributed by atoms with Crippen LogP contribution in [-0.2, 0) is 28.2 Å². The second-order valence-electron chi connectivity index (χ2n) is 17.8. The summed E-state index contributed by atoms with van der Waals surface area (Å²) in [7, 11) is 8.14. The van der Waals surface area contributed by atoms with Gasteiger partial charge in [-0.2, -0.15) is 50.5 Å². The monoisotopic (exact) mass is 1040 g/mol. The molecule has 7 aromatic heterocycles. The molecule has 8 nitrogen and oxygen atoms in total. The van der Waals surface area contributed by atoms with Crippen LogP contribution in [0.3, 0.4) is 0 Å². The number of hydrogen-bond donors (Lipinski definition) is 6. The van der Waals surface area contributed by atoms with Gasteiger partial charge in [-0.15, -0.1) is 0 Å². The topological polar surface area (TPSA) is 72.9 Å². The average Bonchev–Trinajstić information content (AvgIpc) is 4.24. The fraction of sp³-hybridized carbons (Fsp3) is 0.333. The van der Waals surface area contributed by atoms with Gasteiger partial charge in [-0.1, -0.05) is 53.4 Å². The number of rotatable bonds is 12. The van der Waals surface area contributed by atoms with Gasteiger partial charge in [-0.3, -0.25) is 0 Å². The van der Waals surface area contributed by atoms with Crippen molar-refractivity contribution < 1.29 is 18.3 Å². The number of hydrogen-bond acceptors (Lipinski definition) is 6. The normalized spacial score (nSPS) is 11.1. The molecule has 0 unspecified atom stereocenters. The lowest BCUT2D eigenvalue weighted by Gasteiger charge is -2.06. The van der Waals surface area contributed by atoms with Gasteiger partial charge < -0.3 is 9.97 Å². The van der Waals surface area contributed by atoms with Crippen molar-refractivity contribution in [2.45, 2.75) is 79.1 Å². The summed E-state index contributed by atoms with van der Waals surface area (Å²) in [4.78, 5) is 18.4. The lowest BCUT2D eigenvalue weighted by atomic mass is 10.0. The lowest BCUT2D eigenvalue weighted by Crippen LogP contribution is -2.25. The highest BCUT2D eigenvalue weighted by Gasteiger charge is 2.20. The molecule has 0 spiro atoms. The zero-order valence-electron chi connectivity index (χ0n) is 43.8. The van der Waals surface area contributed by atoms with E-state index in [1.807, 2.05) is 46.5 Å². The quantitative estimate of drug-likeness (QED) is 0.0545. The molecule has 0 saturated heterocycles. The molecule has 2 aliphatic heterocycles. The van der Waals surface area contributed by atoms with E-state index in [1.54, 1.807) is 0 Å². The van der Waals surface area contributed by atoms with Crippen LogP contribution in [0, 0.1) is 0 Å². The van der Waals surface area contributed by atoms with Crippen LogP contribution in [0.1, 0.15) is 102 Å². The van der Waals surface area contributed by atoms with Crippen molar-refractivity contribution in [3.63, 3.8) is 0 Å². The van der Waals surface area contributed by atoms with Crippen molar-refractivity contribution in [2.75, 3.05) is 23.0 Å². The molecule has 0 saturated carbocycles. The molecular formula is C60H78N8S4+4. The Balaban J connectivity index is 0.000000410. The Bertz CT molecular complexity index is 2570. The molecule has 0 atom stereocenters. The maximum Gasteiger partial charge on any atom is 0.169 e. The molecule has 0 radical (unpaired) electrons. The Morgan fingerprint density at radius 3 is 0.681 bits per heavy atom. The van der Waals surface area contributed by atoms with Gasteiger partial charge in [0.15, 0.2) is 49.6 Å². The van der Waals surface area contributed by atoms with E-state index >= 15 is 0 Å². The third-order valence-electron chi connectivity index (χ3n) is 11.9. The molecule has 0 fully saturated rings. The Hall–Kier alpha value is -5.40. The van der Waals surface area contributed by atoms with Crippen LogP contribution in [0.5, 0.6) is 0 Å². The molecular weight excluding hydrogens is 961 g/mol. The van der Waals surface area contributed by atoms with E-state index in [2.05, 4.69) is 235 Å². The first-order valence-electron chi connectivity index (χ1n) is 25.5. The van der Waals surface area contributed by atoms with Gasteiger partial charge in [0.05, 0.1) is 22.8 Å². The maximum atomic E-state index is 5.39. The van der Waals surface area contributed by atoms with Gasteiger partial charge >= 0.3 is 0 Å². The minimum absolute atomic E-state index is 0.890. The van der Waals surface area contributed by atoms with Crippen molar-refractivity contribution in [1.29, 1.82) is 0 Å². The van der Waals surface area contributed by atoms with E-state index in [0.717, 1.165) is 112 Å². The average molecular weight is 1040 g/mol. The van der Waals surface area contributed by atoms with E-state index in [4.69, 9.17) is 9.97 Å². The standard InChI is InChI=1S/C44H37N8.4C4H10S/c1-49-21-13-29(14-22-49)41-33-5-7-35(45-33)42(30-15-23-50(2)24-16-30)37-9-11-39(47-37)44(32-19-27-52(4)28-20-32)40-12-10-38(48-40)43(36-8-6-34(41)46-36)31-17-25-51(3)26-18-31;4*1-2-3-4-5/h5-28H,1-4H3,(H,45,46,47,48);4*5H,2-4H2,1H3/q+3;;;;/p+1. The Morgan fingerprint density at radius 2 is 0.528 bits per heavy atom. The summed E-state index contributed by atoms with van der Waals surface area (Å²) in [6.07, 6.45) is 35.3. The largest absolute Gasteiger partial charge is 0.354 e. The highest BCUT2D eigenvalue weighted by molar-refractivity contribution is 7.80. The van der Waals surface area contributed by atoms with Gasteiger partial charge in [0.25, 0.3) is 0 Å². The molecule has 12 heteroatoms. The zero-order valence-corrected chi connectivity index (χ0v) is 47.4. The third-order valence-corrected chi connectivity index (χ3v) is 13.1. The van der Waals surface area contributed by atoms with E-state index in [9.17, 15) is 0 Å². The highest BCUT2D eigenvalue weighted by atomic mass is 32.1. The summed E-state index contributed by atoms with van der Waals surface area (Å²) in [5.74, 6) is 4.15. The van der Waals surface area contributed by atoms with Crippen molar-refractivity contribution in [1.82, 2.24) is 19.9 Å². The van der Waals surface area contributed by atoms with E-state index in [1.165, 1.54) is 51.4 Å². The highest BCUT2D eigenvalue weighted by Crippen LogP contribution is 2.38. The molecule has 0 amide bonds. The first kappa shape index (κ1) is 57.5. The maximum absolute atomic E-state index is 5.39. The molecule has 7 aromatic rings. The molecule has 378 valence electrons. The first-order valence-corrected chi connectivity index (χ1v) is 28.0. The molecule has 0 aromatic carbocycles. The van der Waals surface area contributed by atoms with Gasteiger partial charge in [0.2, 0.25) is 0 Å². The van der Waals surface area contributed by atoms with Gasteiger partial charge in [-0.05, 0) is 120 Å². The first-order chi connectivity index (χ1) is 35.0. The van der Waals surface area contributed by atoms with E-state index in [0.29, 0.717) is 0 Å². The number of H-pyrrole nitrogens is 2. The minimum atomic E-state index is 0.890. The van der Waals surface area contributed by atoms with Crippen LogP contribution < -0.4 is 18.3 Å². The van der Waals surface area contributed by atoms with Gasteiger partial charge in [0.1, 0.15) is 28.2 Å². The molecule has 0 aliphatic carbocycles. The number of nitrogens with zero attached hydrogens (tertiary/aromatic N) is 6. The molecule has 8 bridgehead atoms. The summed E-state index contributed by atoms with van der Waals surface area (Å²) in [6.45, 7) is 8.65. The smallest absolute Gasteiger partial charge is 0.169 e. The van der Waals surface area contributed by atoms with Crippen LogP contribution in [-0.4, -0.2) is 42.9 Å². The summed E-state index contributed by atoms with van der Waals surface area (Å²) in [5.41, 5.74) is 15.9. The Labute approximate surface area is 452 Å². The molecule has 9 heterocycles. The van der Waals surface area contributed by atoms with Gasteiger partial charge in [-0.25, -0.2) is 28.2 Å². The number of unbranched alkanes of at least 4 members (excludes halogenated alkanes) is 4. The second kappa shape index (κ2) is 30.6. The zero-order chi connectivity index (χ0) is 51.8. The van der Waals surface area contributed by atoms with Crippen LogP contribution in [0.4, 0.5) is 0 Å². The van der Waals surface area contributed by atoms with Crippen LogP contribution >= 0.6 is 50.5 Å².